The van der Waals surface area contributed by atoms with Crippen LogP contribution in [0.2, 0.25) is 0 Å². The third-order valence-electron chi connectivity index (χ3n) is 5.04. The Balaban J connectivity index is 1.44. The van der Waals surface area contributed by atoms with Crippen LogP contribution in [0, 0.1) is 0 Å². The van der Waals surface area contributed by atoms with Gasteiger partial charge in [-0.3, -0.25) is 4.79 Å². The van der Waals surface area contributed by atoms with Gasteiger partial charge in [-0.25, -0.2) is 13.1 Å². The average Bonchev–Trinajstić information content (AvgIpc) is 2.78. The van der Waals surface area contributed by atoms with Crippen LogP contribution >= 0.6 is 0 Å². The Morgan fingerprint density at radius 1 is 1.00 bits per heavy atom. The van der Waals surface area contributed by atoms with Crippen molar-refractivity contribution in [1.29, 1.82) is 0 Å². The highest BCUT2D eigenvalue weighted by molar-refractivity contribution is 7.89. The molecule has 3 aromatic carbocycles. The minimum Gasteiger partial charge on any atom is -0.370 e. The number of fused-ring (bicyclic) bond motifs is 1. The van der Waals surface area contributed by atoms with Gasteiger partial charge in [0.05, 0.1) is 24.6 Å². The standard InChI is InChI=1S/C22H22N2O4S/c25-22(24-13-14-28-20(16-24)18-8-2-1-3-9-18)15-23-29(26,27)21-12-6-10-17-7-4-5-11-19(17)21/h1-12,20,23H,13-16H2. The van der Waals surface area contributed by atoms with E-state index in [-0.39, 0.29) is 23.5 Å². The molecule has 1 aliphatic rings. The summed E-state index contributed by atoms with van der Waals surface area (Å²) in [6.45, 7) is 0.978. The average molecular weight is 410 g/mol. The van der Waals surface area contributed by atoms with E-state index in [1.807, 2.05) is 48.5 Å². The molecule has 1 saturated heterocycles. The van der Waals surface area contributed by atoms with Gasteiger partial charge in [-0.05, 0) is 17.0 Å². The van der Waals surface area contributed by atoms with Gasteiger partial charge in [0.1, 0.15) is 6.10 Å². The molecule has 0 saturated carbocycles. The van der Waals surface area contributed by atoms with Gasteiger partial charge in [-0.2, -0.15) is 0 Å². The number of amides is 1. The fourth-order valence-corrected chi connectivity index (χ4v) is 4.72. The molecule has 1 heterocycles. The summed E-state index contributed by atoms with van der Waals surface area (Å²) in [7, 11) is -3.82. The van der Waals surface area contributed by atoms with Crippen molar-refractivity contribution in [2.24, 2.45) is 0 Å². The van der Waals surface area contributed by atoms with Crippen molar-refractivity contribution in [2.45, 2.75) is 11.0 Å². The van der Waals surface area contributed by atoms with Crippen molar-refractivity contribution >= 4 is 26.7 Å². The van der Waals surface area contributed by atoms with E-state index in [9.17, 15) is 13.2 Å². The molecular weight excluding hydrogens is 388 g/mol. The van der Waals surface area contributed by atoms with E-state index in [0.29, 0.717) is 25.1 Å². The first-order valence-corrected chi connectivity index (χ1v) is 10.9. The number of ether oxygens (including phenoxy) is 1. The maximum atomic E-state index is 12.8. The topological polar surface area (TPSA) is 75.7 Å². The van der Waals surface area contributed by atoms with Crippen molar-refractivity contribution in [3.63, 3.8) is 0 Å². The number of sulfonamides is 1. The SMILES string of the molecule is O=C(CNS(=O)(=O)c1cccc2ccccc12)N1CCOC(c2ccccc2)C1. The van der Waals surface area contributed by atoms with Crippen LogP contribution in [0.3, 0.4) is 0 Å². The van der Waals surface area contributed by atoms with Crippen molar-refractivity contribution in [1.82, 2.24) is 9.62 Å². The van der Waals surface area contributed by atoms with Crippen LogP contribution in [0.4, 0.5) is 0 Å². The zero-order chi connectivity index (χ0) is 20.3. The minimum atomic E-state index is -3.82. The van der Waals surface area contributed by atoms with E-state index in [2.05, 4.69) is 4.72 Å². The van der Waals surface area contributed by atoms with Gasteiger partial charge in [-0.1, -0.05) is 66.7 Å². The van der Waals surface area contributed by atoms with Crippen molar-refractivity contribution in [3.05, 3.63) is 78.4 Å². The van der Waals surface area contributed by atoms with E-state index >= 15 is 0 Å². The van der Waals surface area contributed by atoms with Gasteiger partial charge in [0.25, 0.3) is 0 Å². The summed E-state index contributed by atoms with van der Waals surface area (Å²) >= 11 is 0. The Morgan fingerprint density at radius 2 is 1.72 bits per heavy atom. The Labute approximate surface area is 170 Å². The van der Waals surface area contributed by atoms with Crippen molar-refractivity contribution < 1.29 is 17.9 Å². The summed E-state index contributed by atoms with van der Waals surface area (Å²) in [6.07, 6.45) is -0.205. The molecule has 3 aromatic rings. The van der Waals surface area contributed by atoms with Crippen molar-refractivity contribution in [2.75, 3.05) is 26.2 Å². The molecule has 1 unspecified atom stereocenters. The maximum Gasteiger partial charge on any atom is 0.241 e. The van der Waals surface area contributed by atoms with Crippen LogP contribution in [0.5, 0.6) is 0 Å². The summed E-state index contributed by atoms with van der Waals surface area (Å²) in [5, 5.41) is 1.46. The number of nitrogens with zero attached hydrogens (tertiary/aromatic N) is 1. The lowest BCUT2D eigenvalue weighted by molar-refractivity contribution is -0.137. The smallest absolute Gasteiger partial charge is 0.241 e. The Kier molecular flexibility index (Phi) is 5.62. The molecule has 150 valence electrons. The lowest BCUT2D eigenvalue weighted by Crippen LogP contribution is -2.46. The highest BCUT2D eigenvalue weighted by atomic mass is 32.2. The van der Waals surface area contributed by atoms with Crippen LogP contribution in [0.15, 0.2) is 77.7 Å². The van der Waals surface area contributed by atoms with Crippen LogP contribution in [0.25, 0.3) is 10.8 Å². The molecule has 6 nitrogen and oxygen atoms in total. The first-order chi connectivity index (χ1) is 14.0. The second-order valence-corrected chi connectivity index (χ2v) is 8.65. The molecular formula is C22H22N2O4S. The molecule has 0 radical (unpaired) electrons. The number of hydrogen-bond acceptors (Lipinski definition) is 4. The zero-order valence-electron chi connectivity index (χ0n) is 15.8. The normalized spacial score (nSPS) is 17.4. The lowest BCUT2D eigenvalue weighted by atomic mass is 10.1. The summed E-state index contributed by atoms with van der Waals surface area (Å²) in [6, 6.07) is 22.1. The third-order valence-corrected chi connectivity index (χ3v) is 6.50. The van der Waals surface area contributed by atoms with Crippen LogP contribution in [-0.2, 0) is 19.6 Å². The largest absolute Gasteiger partial charge is 0.370 e. The second-order valence-electron chi connectivity index (χ2n) is 6.91. The van der Waals surface area contributed by atoms with Gasteiger partial charge in [0.15, 0.2) is 0 Å². The number of nitrogens with one attached hydrogen (secondary N) is 1. The quantitative estimate of drug-likeness (QED) is 0.702. The molecule has 1 amide bonds. The molecule has 1 atom stereocenters. The number of carbonyl (C=O) groups is 1. The van der Waals surface area contributed by atoms with Crippen LogP contribution < -0.4 is 4.72 Å². The Bertz CT molecular complexity index is 1110. The molecule has 0 aromatic heterocycles. The predicted molar refractivity (Wildman–Crippen MR) is 111 cm³/mol. The number of rotatable bonds is 5. The van der Waals surface area contributed by atoms with E-state index in [0.717, 1.165) is 10.9 Å². The summed E-state index contributed by atoms with van der Waals surface area (Å²) in [5.41, 5.74) is 1.00. The summed E-state index contributed by atoms with van der Waals surface area (Å²) in [4.78, 5) is 14.5. The van der Waals surface area contributed by atoms with Crippen LogP contribution in [0.1, 0.15) is 11.7 Å². The highest BCUT2D eigenvalue weighted by Gasteiger charge is 2.26. The number of carbonyl (C=O) groups excluding carboxylic acids is 1. The first kappa shape index (κ1) is 19.6. The molecule has 0 bridgehead atoms. The van der Waals surface area contributed by atoms with E-state index < -0.39 is 10.0 Å². The van der Waals surface area contributed by atoms with Gasteiger partial charge in [0, 0.05) is 11.9 Å². The number of benzene rings is 3. The molecule has 0 aliphatic carbocycles. The predicted octanol–water partition coefficient (Wildman–Crippen LogP) is 2.72. The van der Waals surface area contributed by atoms with Gasteiger partial charge in [-0.15, -0.1) is 0 Å². The first-order valence-electron chi connectivity index (χ1n) is 9.46. The molecule has 4 rings (SSSR count). The molecule has 1 aliphatic heterocycles. The number of hydrogen-bond donors (Lipinski definition) is 1. The fourth-order valence-electron chi connectivity index (χ4n) is 3.52. The molecule has 1 fully saturated rings. The number of morpholine rings is 1. The van der Waals surface area contributed by atoms with E-state index in [4.69, 9.17) is 4.74 Å². The van der Waals surface area contributed by atoms with Gasteiger partial charge >= 0.3 is 0 Å². The fraction of sp³-hybridized carbons (Fsp3) is 0.227. The lowest BCUT2D eigenvalue weighted by Gasteiger charge is -2.33. The zero-order valence-corrected chi connectivity index (χ0v) is 16.6. The van der Waals surface area contributed by atoms with E-state index in [1.54, 1.807) is 29.2 Å². The maximum absolute atomic E-state index is 12.8. The monoisotopic (exact) mass is 410 g/mol. The van der Waals surface area contributed by atoms with Gasteiger partial charge in [0.2, 0.25) is 15.9 Å². The Hall–Kier alpha value is -2.74. The molecule has 1 N–H and O–H groups in total. The highest BCUT2D eigenvalue weighted by Crippen LogP contribution is 2.23. The summed E-state index contributed by atoms with van der Waals surface area (Å²) in [5.74, 6) is -0.266. The Morgan fingerprint density at radius 3 is 2.55 bits per heavy atom. The van der Waals surface area contributed by atoms with Gasteiger partial charge < -0.3 is 9.64 Å². The molecule has 0 spiro atoms. The minimum absolute atomic E-state index is 0.174. The van der Waals surface area contributed by atoms with Crippen LogP contribution in [-0.4, -0.2) is 45.5 Å². The summed E-state index contributed by atoms with van der Waals surface area (Å²) < 4.78 is 33.9. The third kappa shape index (κ3) is 4.32. The van der Waals surface area contributed by atoms with Crippen molar-refractivity contribution in [3.8, 4) is 0 Å². The molecule has 29 heavy (non-hydrogen) atoms. The molecule has 7 heteroatoms. The van der Waals surface area contributed by atoms with E-state index in [1.165, 1.54) is 0 Å². The second kappa shape index (κ2) is 8.32.